The molecule has 1 aliphatic heterocycles. The Morgan fingerprint density at radius 1 is 1.38 bits per heavy atom. The quantitative estimate of drug-likeness (QED) is 0.753. The molecule has 4 rings (SSSR count). The average Bonchev–Trinajstić information content (AvgIpc) is 3.04. The first-order valence-corrected chi connectivity index (χ1v) is 9.05. The second kappa shape index (κ2) is 5.83. The summed E-state index contributed by atoms with van der Waals surface area (Å²) in [7, 11) is 1.38. The van der Waals surface area contributed by atoms with Crippen LogP contribution in [0, 0.1) is 0 Å². The van der Waals surface area contributed by atoms with Crippen LogP contribution in [0.1, 0.15) is 55.6 Å². The number of carbonyl (C=O) groups is 1. The van der Waals surface area contributed by atoms with Crippen molar-refractivity contribution >= 4 is 5.97 Å². The summed E-state index contributed by atoms with van der Waals surface area (Å²) < 4.78 is 27.8. The molecule has 1 aliphatic carbocycles. The molecule has 5 nitrogen and oxygen atoms in total. The van der Waals surface area contributed by atoms with Crippen molar-refractivity contribution in [3.8, 4) is 17.0 Å². The number of pyridine rings is 1. The van der Waals surface area contributed by atoms with Crippen LogP contribution in [-0.4, -0.2) is 28.3 Å². The summed E-state index contributed by atoms with van der Waals surface area (Å²) >= 11 is 0. The van der Waals surface area contributed by atoms with Gasteiger partial charge in [0, 0.05) is 23.9 Å². The predicted molar refractivity (Wildman–Crippen MR) is 95.0 cm³/mol. The molecule has 0 N–H and O–H groups in total. The predicted octanol–water partition coefficient (Wildman–Crippen LogP) is 4.25. The van der Waals surface area contributed by atoms with Crippen molar-refractivity contribution in [3.63, 3.8) is 0 Å². The first-order chi connectivity index (χ1) is 12.4. The van der Waals surface area contributed by atoms with E-state index >= 15 is 0 Å². The maximum Gasteiger partial charge on any atom is 0.354 e. The molecule has 0 saturated heterocycles. The minimum absolute atomic E-state index is 0.377. The number of hydrogen-bond acceptors (Lipinski definition) is 4. The van der Waals surface area contributed by atoms with Gasteiger partial charge in [-0.3, -0.25) is 4.98 Å². The molecule has 6 heteroatoms. The van der Waals surface area contributed by atoms with E-state index in [0.29, 0.717) is 43.7 Å². The molecule has 3 heterocycles. The van der Waals surface area contributed by atoms with Crippen molar-refractivity contribution < 1.29 is 18.7 Å². The molecular formula is C20H23FN2O3. The van der Waals surface area contributed by atoms with Crippen molar-refractivity contribution in [1.82, 2.24) is 9.55 Å². The molecule has 1 saturated carbocycles. The van der Waals surface area contributed by atoms with Crippen LogP contribution in [0.15, 0.2) is 24.5 Å². The number of carbonyl (C=O) groups excluding carboxylic acids is 1. The summed E-state index contributed by atoms with van der Waals surface area (Å²) in [6.07, 6.45) is 5.40. The normalized spacial score (nSPS) is 26.8. The van der Waals surface area contributed by atoms with Crippen LogP contribution in [0.2, 0.25) is 0 Å². The van der Waals surface area contributed by atoms with Crippen LogP contribution in [0.25, 0.3) is 11.3 Å². The number of rotatable bonds is 2. The first-order valence-electron chi connectivity index (χ1n) is 9.05. The highest BCUT2D eigenvalue weighted by atomic mass is 19.1. The van der Waals surface area contributed by atoms with Gasteiger partial charge in [0.15, 0.2) is 0 Å². The summed E-state index contributed by atoms with van der Waals surface area (Å²) in [5, 5.41) is 0. The number of methoxy groups -OCH3 is 1. The summed E-state index contributed by atoms with van der Waals surface area (Å²) in [4.78, 5) is 16.5. The Morgan fingerprint density at radius 3 is 2.77 bits per heavy atom. The van der Waals surface area contributed by atoms with Gasteiger partial charge in [-0.25, -0.2) is 9.18 Å². The van der Waals surface area contributed by atoms with E-state index < -0.39 is 11.3 Å². The van der Waals surface area contributed by atoms with Crippen LogP contribution in [0.4, 0.5) is 4.39 Å². The molecule has 0 aromatic carbocycles. The lowest BCUT2D eigenvalue weighted by Gasteiger charge is -2.44. The van der Waals surface area contributed by atoms with E-state index in [9.17, 15) is 9.18 Å². The van der Waals surface area contributed by atoms with Gasteiger partial charge in [0.25, 0.3) is 0 Å². The minimum Gasteiger partial charge on any atom is -0.480 e. The number of hydrogen-bond donors (Lipinski definition) is 0. The molecular weight excluding hydrogens is 335 g/mol. The zero-order chi connectivity index (χ0) is 18.5. The standard InChI is InChI=1S/C20H23FN2O3/c1-4-23-15(18(24)25-3)11-14-17(23)13-5-10-22-12-16(13)26-20(14)8-6-19(2,21)7-9-20/h5,10-12H,4,6-9H2,1-3H3. The molecule has 138 valence electrons. The van der Waals surface area contributed by atoms with Gasteiger partial charge in [0.2, 0.25) is 0 Å². The van der Waals surface area contributed by atoms with Gasteiger partial charge in [0.05, 0.1) is 19.0 Å². The van der Waals surface area contributed by atoms with E-state index in [0.717, 1.165) is 16.8 Å². The monoisotopic (exact) mass is 358 g/mol. The van der Waals surface area contributed by atoms with Crippen molar-refractivity contribution in [2.24, 2.45) is 0 Å². The number of ether oxygens (including phenoxy) is 2. The molecule has 0 atom stereocenters. The Morgan fingerprint density at radius 2 is 2.12 bits per heavy atom. The Hall–Kier alpha value is -2.37. The molecule has 2 aliphatic rings. The van der Waals surface area contributed by atoms with E-state index in [1.807, 2.05) is 23.6 Å². The Labute approximate surface area is 152 Å². The second-order valence-electron chi connectivity index (χ2n) is 7.41. The highest BCUT2D eigenvalue weighted by Crippen LogP contribution is 2.53. The van der Waals surface area contributed by atoms with E-state index in [2.05, 4.69) is 4.98 Å². The second-order valence-corrected chi connectivity index (χ2v) is 7.41. The van der Waals surface area contributed by atoms with Gasteiger partial charge in [-0.2, -0.15) is 0 Å². The lowest BCUT2D eigenvalue weighted by atomic mass is 9.72. The number of halogens is 1. The Balaban J connectivity index is 1.94. The summed E-state index contributed by atoms with van der Waals surface area (Å²) in [5.41, 5.74) is 1.52. The van der Waals surface area contributed by atoms with Crippen molar-refractivity contribution in [2.75, 3.05) is 7.11 Å². The third-order valence-corrected chi connectivity index (χ3v) is 5.74. The van der Waals surface area contributed by atoms with Crippen LogP contribution >= 0.6 is 0 Å². The topological polar surface area (TPSA) is 53.4 Å². The molecule has 0 unspecified atom stereocenters. The van der Waals surface area contributed by atoms with Crippen LogP contribution < -0.4 is 4.74 Å². The van der Waals surface area contributed by atoms with Crippen LogP contribution in [-0.2, 0) is 16.9 Å². The average molecular weight is 358 g/mol. The smallest absolute Gasteiger partial charge is 0.354 e. The Kier molecular flexibility index (Phi) is 3.82. The van der Waals surface area contributed by atoms with Gasteiger partial charge >= 0.3 is 5.97 Å². The van der Waals surface area contributed by atoms with Crippen LogP contribution in [0.5, 0.6) is 5.75 Å². The van der Waals surface area contributed by atoms with E-state index in [1.54, 1.807) is 19.3 Å². The van der Waals surface area contributed by atoms with E-state index in [-0.39, 0.29) is 5.97 Å². The lowest BCUT2D eigenvalue weighted by Crippen LogP contribution is -2.43. The zero-order valence-corrected chi connectivity index (χ0v) is 15.3. The largest absolute Gasteiger partial charge is 0.480 e. The summed E-state index contributed by atoms with van der Waals surface area (Å²) in [6, 6.07) is 3.77. The van der Waals surface area contributed by atoms with E-state index in [4.69, 9.17) is 9.47 Å². The number of aromatic nitrogens is 2. The summed E-state index contributed by atoms with van der Waals surface area (Å²) in [6.45, 7) is 4.27. The van der Waals surface area contributed by atoms with Gasteiger partial charge < -0.3 is 14.0 Å². The first kappa shape index (κ1) is 17.1. The Bertz CT molecular complexity index is 862. The molecule has 0 amide bonds. The van der Waals surface area contributed by atoms with E-state index in [1.165, 1.54) is 7.11 Å². The highest BCUT2D eigenvalue weighted by Gasteiger charge is 2.49. The number of alkyl halides is 1. The lowest BCUT2D eigenvalue weighted by molar-refractivity contribution is -0.0264. The molecule has 2 aromatic rings. The molecule has 2 aromatic heterocycles. The van der Waals surface area contributed by atoms with Crippen molar-refractivity contribution in [1.29, 1.82) is 0 Å². The fourth-order valence-electron chi connectivity index (χ4n) is 4.26. The molecule has 1 fully saturated rings. The fourth-order valence-corrected chi connectivity index (χ4v) is 4.26. The number of fused-ring (bicyclic) bond motifs is 4. The highest BCUT2D eigenvalue weighted by molar-refractivity contribution is 5.91. The third kappa shape index (κ3) is 2.42. The SMILES string of the molecule is CCn1c(C(=O)OC)cc2c1-c1ccncc1OC21CCC(C)(F)CC1. The van der Waals surface area contributed by atoms with Crippen molar-refractivity contribution in [2.45, 2.75) is 57.3 Å². The number of nitrogens with zero attached hydrogens (tertiary/aromatic N) is 2. The molecule has 0 bridgehead atoms. The van der Waals surface area contributed by atoms with Crippen LogP contribution in [0.3, 0.4) is 0 Å². The fraction of sp³-hybridized carbons (Fsp3) is 0.500. The molecule has 26 heavy (non-hydrogen) atoms. The molecule has 0 radical (unpaired) electrons. The van der Waals surface area contributed by atoms with Gasteiger partial charge in [0.1, 0.15) is 22.7 Å². The summed E-state index contributed by atoms with van der Waals surface area (Å²) in [5.74, 6) is 0.310. The zero-order valence-electron chi connectivity index (χ0n) is 15.3. The third-order valence-electron chi connectivity index (χ3n) is 5.74. The van der Waals surface area contributed by atoms with Crippen molar-refractivity contribution in [3.05, 3.63) is 35.8 Å². The molecule has 1 spiro atoms. The maximum atomic E-state index is 14.5. The van der Waals surface area contributed by atoms with Gasteiger partial charge in [-0.15, -0.1) is 0 Å². The number of esters is 1. The van der Waals surface area contributed by atoms with Gasteiger partial charge in [-0.1, -0.05) is 0 Å². The minimum atomic E-state index is -1.18. The van der Waals surface area contributed by atoms with Gasteiger partial charge in [-0.05, 0) is 51.7 Å². The maximum absolute atomic E-state index is 14.5.